The smallest absolute Gasteiger partial charge is 0.279 e. The van der Waals surface area contributed by atoms with Gasteiger partial charge in [-0.1, -0.05) is 6.07 Å². The predicted molar refractivity (Wildman–Crippen MR) is 96.7 cm³/mol. The summed E-state index contributed by atoms with van der Waals surface area (Å²) in [6.45, 7) is 0.785. The van der Waals surface area contributed by atoms with Crippen LogP contribution in [-0.4, -0.2) is 38.6 Å². The van der Waals surface area contributed by atoms with Crippen molar-refractivity contribution in [2.24, 2.45) is 0 Å². The van der Waals surface area contributed by atoms with Gasteiger partial charge in [-0.2, -0.15) is 0 Å². The molecule has 2 aromatic rings. The number of carbonyl (C=O) groups is 1. The number of benzene rings is 2. The summed E-state index contributed by atoms with van der Waals surface area (Å²) in [6.07, 6.45) is 0. The SMILES string of the molecule is COc1ccc(C[NH+](C)CC(=O)Nc2cccc([N+](=O)[O-])c2)c(OC)c1. The standard InChI is InChI=1S/C18H21N3O5/c1-20(11-13-7-8-16(25-2)10-17(13)26-3)12-18(22)19-14-5-4-6-15(9-14)21(23)24/h4-10H,11-12H2,1-3H3,(H,19,22)/p+1. The van der Waals surface area contributed by atoms with Crippen LogP contribution in [0.25, 0.3) is 0 Å². The highest BCUT2D eigenvalue weighted by Gasteiger charge is 2.15. The van der Waals surface area contributed by atoms with Gasteiger partial charge in [0, 0.05) is 29.4 Å². The molecule has 0 aliphatic rings. The second kappa shape index (κ2) is 8.82. The van der Waals surface area contributed by atoms with Crippen molar-refractivity contribution < 1.29 is 24.1 Å². The van der Waals surface area contributed by atoms with Gasteiger partial charge >= 0.3 is 0 Å². The maximum atomic E-state index is 12.2. The highest BCUT2D eigenvalue weighted by molar-refractivity contribution is 5.91. The number of nitro groups is 1. The molecular formula is C18H22N3O5+. The van der Waals surface area contributed by atoms with Crippen LogP contribution in [0.5, 0.6) is 11.5 Å². The van der Waals surface area contributed by atoms with E-state index in [-0.39, 0.29) is 18.1 Å². The number of nitrogens with zero attached hydrogens (tertiary/aromatic N) is 1. The molecule has 26 heavy (non-hydrogen) atoms. The fraction of sp³-hybridized carbons (Fsp3) is 0.278. The van der Waals surface area contributed by atoms with E-state index in [4.69, 9.17) is 9.47 Å². The van der Waals surface area contributed by atoms with E-state index in [2.05, 4.69) is 5.32 Å². The topological polar surface area (TPSA) is 95.1 Å². The van der Waals surface area contributed by atoms with Gasteiger partial charge in [-0.05, 0) is 18.2 Å². The van der Waals surface area contributed by atoms with E-state index in [1.807, 2.05) is 19.2 Å². The molecule has 8 nitrogen and oxygen atoms in total. The van der Waals surface area contributed by atoms with E-state index in [0.717, 1.165) is 10.5 Å². The lowest BCUT2D eigenvalue weighted by Crippen LogP contribution is -3.08. The second-order valence-corrected chi connectivity index (χ2v) is 5.84. The van der Waals surface area contributed by atoms with Crippen molar-refractivity contribution >= 4 is 17.3 Å². The minimum Gasteiger partial charge on any atom is -0.497 e. The van der Waals surface area contributed by atoms with E-state index in [1.54, 1.807) is 26.4 Å². The number of rotatable bonds is 8. The largest absolute Gasteiger partial charge is 0.497 e. The minimum absolute atomic E-state index is 0.0635. The molecule has 1 amide bonds. The van der Waals surface area contributed by atoms with Crippen LogP contribution in [0.4, 0.5) is 11.4 Å². The van der Waals surface area contributed by atoms with Crippen molar-refractivity contribution in [2.75, 3.05) is 33.1 Å². The monoisotopic (exact) mass is 360 g/mol. The molecule has 0 aliphatic carbocycles. The van der Waals surface area contributed by atoms with Crippen LogP contribution in [0.15, 0.2) is 42.5 Å². The van der Waals surface area contributed by atoms with Crippen molar-refractivity contribution in [3.05, 3.63) is 58.1 Å². The molecule has 0 fully saturated rings. The first-order valence-corrected chi connectivity index (χ1v) is 7.99. The Hall–Kier alpha value is -3.13. The number of methoxy groups -OCH3 is 2. The zero-order chi connectivity index (χ0) is 19.1. The number of quaternary nitrogens is 1. The Morgan fingerprint density at radius 1 is 1.19 bits per heavy atom. The maximum absolute atomic E-state index is 12.2. The zero-order valence-corrected chi connectivity index (χ0v) is 14.9. The molecule has 0 aromatic heterocycles. The fourth-order valence-corrected chi connectivity index (χ4v) is 2.56. The number of likely N-dealkylation sites (N-methyl/N-ethyl adjacent to an activating group) is 1. The predicted octanol–water partition coefficient (Wildman–Crippen LogP) is 1.27. The van der Waals surface area contributed by atoms with Crippen LogP contribution in [-0.2, 0) is 11.3 Å². The first-order chi connectivity index (χ1) is 12.4. The molecule has 1 atom stereocenters. The number of hydrogen-bond donors (Lipinski definition) is 2. The lowest BCUT2D eigenvalue weighted by molar-refractivity contribution is -0.885. The third-order valence-corrected chi connectivity index (χ3v) is 3.79. The highest BCUT2D eigenvalue weighted by Crippen LogP contribution is 2.23. The van der Waals surface area contributed by atoms with Crippen LogP contribution in [0.2, 0.25) is 0 Å². The van der Waals surface area contributed by atoms with Crippen LogP contribution >= 0.6 is 0 Å². The lowest BCUT2D eigenvalue weighted by atomic mass is 10.2. The maximum Gasteiger partial charge on any atom is 0.279 e. The molecule has 2 rings (SSSR count). The Balaban J connectivity index is 1.97. The van der Waals surface area contributed by atoms with Gasteiger partial charge in [-0.15, -0.1) is 0 Å². The number of carbonyl (C=O) groups excluding carboxylic acids is 1. The van der Waals surface area contributed by atoms with Crippen molar-refractivity contribution in [3.63, 3.8) is 0 Å². The van der Waals surface area contributed by atoms with Gasteiger partial charge < -0.3 is 19.7 Å². The average molecular weight is 360 g/mol. The first kappa shape index (κ1) is 19.2. The van der Waals surface area contributed by atoms with E-state index in [1.165, 1.54) is 18.2 Å². The molecule has 8 heteroatoms. The van der Waals surface area contributed by atoms with Gasteiger partial charge in [0.15, 0.2) is 6.54 Å². The third-order valence-electron chi connectivity index (χ3n) is 3.79. The van der Waals surface area contributed by atoms with E-state index in [9.17, 15) is 14.9 Å². The Bertz CT molecular complexity index is 794. The van der Waals surface area contributed by atoms with E-state index < -0.39 is 4.92 Å². The second-order valence-electron chi connectivity index (χ2n) is 5.84. The molecule has 2 N–H and O–H groups in total. The van der Waals surface area contributed by atoms with E-state index in [0.29, 0.717) is 23.7 Å². The summed E-state index contributed by atoms with van der Waals surface area (Å²) in [5.41, 5.74) is 1.29. The Morgan fingerprint density at radius 3 is 2.62 bits per heavy atom. The number of ether oxygens (including phenoxy) is 2. The summed E-state index contributed by atoms with van der Waals surface area (Å²) >= 11 is 0. The molecule has 0 heterocycles. The molecule has 0 saturated carbocycles. The van der Waals surface area contributed by atoms with Gasteiger partial charge in [0.1, 0.15) is 18.0 Å². The van der Waals surface area contributed by atoms with Crippen molar-refractivity contribution in [2.45, 2.75) is 6.54 Å². The number of nitro benzene ring substituents is 1. The number of amides is 1. The number of anilines is 1. The van der Waals surface area contributed by atoms with Gasteiger partial charge in [0.2, 0.25) is 0 Å². The molecule has 138 valence electrons. The molecule has 1 unspecified atom stereocenters. The quantitative estimate of drug-likeness (QED) is 0.546. The van der Waals surface area contributed by atoms with Gasteiger partial charge in [0.05, 0.1) is 26.2 Å². The lowest BCUT2D eigenvalue weighted by Gasteiger charge is -2.16. The summed E-state index contributed by atoms with van der Waals surface area (Å²) < 4.78 is 10.5. The summed E-state index contributed by atoms with van der Waals surface area (Å²) in [5.74, 6) is 1.17. The third kappa shape index (κ3) is 5.18. The highest BCUT2D eigenvalue weighted by atomic mass is 16.6. The van der Waals surface area contributed by atoms with Crippen LogP contribution in [0.1, 0.15) is 5.56 Å². The summed E-state index contributed by atoms with van der Waals surface area (Å²) in [5, 5.41) is 13.5. The number of hydrogen-bond acceptors (Lipinski definition) is 5. The normalized spacial score (nSPS) is 11.5. The fourth-order valence-electron chi connectivity index (χ4n) is 2.56. The van der Waals surface area contributed by atoms with Crippen molar-refractivity contribution in [1.82, 2.24) is 0 Å². The molecular weight excluding hydrogens is 338 g/mol. The number of non-ortho nitro benzene ring substituents is 1. The molecule has 0 radical (unpaired) electrons. The Labute approximate surface area is 151 Å². The van der Waals surface area contributed by atoms with Crippen molar-refractivity contribution in [3.8, 4) is 11.5 Å². The Morgan fingerprint density at radius 2 is 1.96 bits per heavy atom. The summed E-state index contributed by atoms with van der Waals surface area (Å²) in [7, 11) is 5.06. The zero-order valence-electron chi connectivity index (χ0n) is 14.9. The Kier molecular flexibility index (Phi) is 6.51. The summed E-state index contributed by atoms with van der Waals surface area (Å²) in [4.78, 5) is 23.4. The summed E-state index contributed by atoms with van der Waals surface area (Å²) in [6, 6.07) is 11.4. The van der Waals surface area contributed by atoms with Gasteiger partial charge in [-0.3, -0.25) is 14.9 Å². The molecule has 0 saturated heterocycles. The molecule has 0 spiro atoms. The number of nitrogens with one attached hydrogen (secondary N) is 2. The minimum atomic E-state index is -0.497. The van der Waals surface area contributed by atoms with Crippen LogP contribution in [0, 0.1) is 10.1 Å². The van der Waals surface area contributed by atoms with Crippen molar-refractivity contribution in [1.29, 1.82) is 0 Å². The first-order valence-electron chi connectivity index (χ1n) is 7.99. The van der Waals surface area contributed by atoms with Gasteiger partial charge in [0.25, 0.3) is 11.6 Å². The molecule has 2 aromatic carbocycles. The van der Waals surface area contributed by atoms with Gasteiger partial charge in [-0.25, -0.2) is 0 Å². The molecule has 0 bridgehead atoms. The van der Waals surface area contributed by atoms with Crippen LogP contribution in [0.3, 0.4) is 0 Å². The molecule has 0 aliphatic heterocycles. The average Bonchev–Trinajstić information content (AvgIpc) is 2.61. The van der Waals surface area contributed by atoms with E-state index >= 15 is 0 Å². The van der Waals surface area contributed by atoms with Crippen LogP contribution < -0.4 is 19.7 Å².